The van der Waals surface area contributed by atoms with Crippen LogP contribution in [0.2, 0.25) is 0 Å². The van der Waals surface area contributed by atoms with Crippen LogP contribution < -0.4 is 20.7 Å². The molecule has 0 saturated carbocycles. The molecule has 1 saturated heterocycles. The molecule has 0 unspecified atom stereocenters. The Hall–Kier alpha value is -4.06. The first-order valence-corrected chi connectivity index (χ1v) is 11.1. The van der Waals surface area contributed by atoms with Gasteiger partial charge in [-0.05, 0) is 48.7 Å². The normalized spacial score (nSPS) is 14.4. The minimum atomic E-state index is -0.730. The van der Waals surface area contributed by atoms with Gasteiger partial charge in [0, 0.05) is 38.2 Å². The Kier molecular flexibility index (Phi) is 8.46. The third kappa shape index (κ3) is 6.72. The van der Waals surface area contributed by atoms with Crippen molar-refractivity contribution in [2.45, 2.75) is 38.3 Å². The minimum Gasteiger partial charge on any atom is -0.496 e. The topological polar surface area (TPSA) is 124 Å². The van der Waals surface area contributed by atoms with E-state index < -0.39 is 6.04 Å². The lowest BCUT2D eigenvalue weighted by molar-refractivity contribution is -0.128. The van der Waals surface area contributed by atoms with Gasteiger partial charge in [0.15, 0.2) is 0 Å². The third-order valence-corrected chi connectivity index (χ3v) is 5.70. The number of hydrogen-bond acceptors (Lipinski definition) is 5. The van der Waals surface area contributed by atoms with E-state index in [1.807, 2.05) is 30.3 Å². The van der Waals surface area contributed by atoms with Crippen LogP contribution in [0, 0.1) is 11.3 Å². The van der Waals surface area contributed by atoms with Gasteiger partial charge in [0.2, 0.25) is 11.8 Å². The van der Waals surface area contributed by atoms with E-state index in [2.05, 4.69) is 16.0 Å². The molecule has 34 heavy (non-hydrogen) atoms. The van der Waals surface area contributed by atoms with E-state index in [9.17, 15) is 14.4 Å². The van der Waals surface area contributed by atoms with E-state index in [1.165, 1.54) is 6.92 Å². The summed E-state index contributed by atoms with van der Waals surface area (Å²) in [5.41, 5.74) is 1.97. The molecule has 3 N–H and O–H groups in total. The molecule has 2 aromatic rings. The Morgan fingerprint density at radius 3 is 2.41 bits per heavy atom. The number of rotatable bonds is 7. The maximum absolute atomic E-state index is 13.0. The van der Waals surface area contributed by atoms with Crippen molar-refractivity contribution in [1.29, 1.82) is 5.26 Å². The van der Waals surface area contributed by atoms with Crippen molar-refractivity contribution >= 4 is 23.5 Å². The van der Waals surface area contributed by atoms with Crippen molar-refractivity contribution in [3.63, 3.8) is 0 Å². The summed E-state index contributed by atoms with van der Waals surface area (Å²) in [5, 5.41) is 17.5. The molecule has 2 aromatic carbocycles. The highest BCUT2D eigenvalue weighted by molar-refractivity contribution is 5.89. The van der Waals surface area contributed by atoms with Gasteiger partial charge in [-0.3, -0.25) is 9.59 Å². The fourth-order valence-electron chi connectivity index (χ4n) is 3.91. The second kappa shape index (κ2) is 11.7. The smallest absolute Gasteiger partial charge is 0.321 e. The lowest BCUT2D eigenvalue weighted by Gasteiger charge is -2.33. The van der Waals surface area contributed by atoms with Crippen LogP contribution in [0.5, 0.6) is 5.75 Å². The summed E-state index contributed by atoms with van der Waals surface area (Å²) in [6.07, 6.45) is 1.52. The number of anilines is 1. The largest absolute Gasteiger partial charge is 0.496 e. The molecule has 9 nitrogen and oxygen atoms in total. The van der Waals surface area contributed by atoms with Crippen molar-refractivity contribution in [1.82, 2.24) is 15.5 Å². The molecule has 178 valence electrons. The summed E-state index contributed by atoms with van der Waals surface area (Å²) in [6, 6.07) is 15.1. The molecule has 1 heterocycles. The maximum atomic E-state index is 13.0. The Bertz CT molecular complexity index is 1060. The van der Waals surface area contributed by atoms with Gasteiger partial charge in [-0.25, -0.2) is 4.79 Å². The number of amides is 4. The molecule has 9 heteroatoms. The number of methoxy groups -OCH3 is 1. The Morgan fingerprint density at radius 1 is 1.12 bits per heavy atom. The zero-order valence-electron chi connectivity index (χ0n) is 19.3. The monoisotopic (exact) mass is 463 g/mol. The molecule has 0 bridgehead atoms. The number of urea groups is 1. The van der Waals surface area contributed by atoms with Gasteiger partial charge in [0.05, 0.1) is 18.7 Å². The molecule has 4 amide bonds. The molecule has 0 aromatic heterocycles. The zero-order valence-corrected chi connectivity index (χ0v) is 19.3. The molecule has 0 spiro atoms. The van der Waals surface area contributed by atoms with Crippen LogP contribution in [0.15, 0.2) is 48.5 Å². The summed E-state index contributed by atoms with van der Waals surface area (Å²) in [7, 11) is 1.57. The molecule has 1 fully saturated rings. The highest BCUT2D eigenvalue weighted by Gasteiger charge is 2.27. The quantitative estimate of drug-likeness (QED) is 0.582. The molecule has 1 atom stereocenters. The molecule has 3 rings (SSSR count). The summed E-state index contributed by atoms with van der Waals surface area (Å²) < 4.78 is 5.37. The van der Waals surface area contributed by atoms with E-state index in [0.29, 0.717) is 49.4 Å². The van der Waals surface area contributed by atoms with Crippen molar-refractivity contribution in [3.05, 3.63) is 59.7 Å². The van der Waals surface area contributed by atoms with E-state index in [4.69, 9.17) is 10.00 Å². The second-order valence-electron chi connectivity index (χ2n) is 8.16. The first-order chi connectivity index (χ1) is 16.4. The van der Waals surface area contributed by atoms with Crippen molar-refractivity contribution in [3.8, 4) is 11.8 Å². The molecule has 0 radical (unpaired) electrons. The van der Waals surface area contributed by atoms with E-state index in [1.54, 1.807) is 36.3 Å². The fraction of sp³-hybridized carbons (Fsp3) is 0.360. The predicted molar refractivity (Wildman–Crippen MR) is 127 cm³/mol. The van der Waals surface area contributed by atoms with Crippen molar-refractivity contribution in [2.24, 2.45) is 0 Å². The number of nitrogens with one attached hydrogen (secondary N) is 3. The average Bonchev–Trinajstić information content (AvgIpc) is 2.84. The number of nitriles is 1. The van der Waals surface area contributed by atoms with Gasteiger partial charge >= 0.3 is 6.03 Å². The van der Waals surface area contributed by atoms with E-state index in [0.717, 1.165) is 5.56 Å². The number of hydrogen-bond donors (Lipinski definition) is 3. The standard InChI is InChI=1S/C25H29N5O4/c1-17(31)27-22(15-19-5-3-4-6-23(19)34-2)24(32)28-21-11-13-30(14-12-21)25(33)29-20-9-7-18(16-26)8-10-20/h3-10,21-22H,11-15H2,1-2H3,(H,27,31)(H,28,32)(H,29,33)/t22-/m1/s1. The minimum absolute atomic E-state index is 0.0969. The highest BCUT2D eigenvalue weighted by atomic mass is 16.5. The van der Waals surface area contributed by atoms with E-state index >= 15 is 0 Å². The van der Waals surface area contributed by atoms with Gasteiger partial charge < -0.3 is 25.6 Å². The van der Waals surface area contributed by atoms with Gasteiger partial charge in [-0.1, -0.05) is 18.2 Å². The molecular weight excluding hydrogens is 434 g/mol. The summed E-state index contributed by atoms with van der Waals surface area (Å²) >= 11 is 0. The van der Waals surface area contributed by atoms with Crippen molar-refractivity contribution in [2.75, 3.05) is 25.5 Å². The molecule has 1 aliphatic heterocycles. The zero-order chi connectivity index (χ0) is 24.5. The van der Waals surface area contributed by atoms with Crippen LogP contribution >= 0.6 is 0 Å². The second-order valence-corrected chi connectivity index (χ2v) is 8.16. The molecule has 1 aliphatic rings. The fourth-order valence-corrected chi connectivity index (χ4v) is 3.91. The van der Waals surface area contributed by atoms with Gasteiger partial charge in [-0.15, -0.1) is 0 Å². The number of nitrogens with zero attached hydrogens (tertiary/aromatic N) is 2. The summed E-state index contributed by atoms with van der Waals surface area (Å²) in [5.74, 6) is 0.109. The number of carbonyl (C=O) groups is 3. The number of likely N-dealkylation sites (tertiary alicyclic amines) is 1. The maximum Gasteiger partial charge on any atom is 0.321 e. The molecular formula is C25H29N5O4. The predicted octanol–water partition coefficient (Wildman–Crippen LogP) is 2.43. The SMILES string of the molecule is COc1ccccc1C[C@@H](NC(C)=O)C(=O)NC1CCN(C(=O)Nc2ccc(C#N)cc2)CC1. The Morgan fingerprint density at radius 2 is 1.79 bits per heavy atom. The van der Waals surface area contributed by atoms with Gasteiger partial charge in [0.1, 0.15) is 11.8 Å². The van der Waals surface area contributed by atoms with Crippen LogP contribution in [0.4, 0.5) is 10.5 Å². The lowest BCUT2D eigenvalue weighted by atomic mass is 10.0. The highest BCUT2D eigenvalue weighted by Crippen LogP contribution is 2.20. The van der Waals surface area contributed by atoms with Gasteiger partial charge in [0.25, 0.3) is 0 Å². The van der Waals surface area contributed by atoms with E-state index in [-0.39, 0.29) is 23.9 Å². The summed E-state index contributed by atoms with van der Waals surface area (Å²) in [4.78, 5) is 38.9. The van der Waals surface area contributed by atoms with Crippen LogP contribution in [0.3, 0.4) is 0 Å². The van der Waals surface area contributed by atoms with Crippen LogP contribution in [0.1, 0.15) is 30.9 Å². The number of benzene rings is 2. The van der Waals surface area contributed by atoms with Crippen LogP contribution in [-0.4, -0.2) is 55.0 Å². The third-order valence-electron chi connectivity index (χ3n) is 5.70. The van der Waals surface area contributed by atoms with Crippen LogP contribution in [0.25, 0.3) is 0 Å². The average molecular weight is 464 g/mol. The Balaban J connectivity index is 1.53. The lowest BCUT2D eigenvalue weighted by Crippen LogP contribution is -2.53. The number of ether oxygens (including phenoxy) is 1. The number of para-hydroxylation sites is 1. The van der Waals surface area contributed by atoms with Crippen LogP contribution in [-0.2, 0) is 16.0 Å². The number of carbonyl (C=O) groups excluding carboxylic acids is 3. The van der Waals surface area contributed by atoms with Gasteiger partial charge in [-0.2, -0.15) is 5.26 Å². The van der Waals surface area contributed by atoms with Crippen molar-refractivity contribution < 1.29 is 19.1 Å². The number of piperidine rings is 1. The summed E-state index contributed by atoms with van der Waals surface area (Å²) in [6.45, 7) is 2.36. The Labute approximate surface area is 199 Å². The first kappa shape index (κ1) is 24.6. The first-order valence-electron chi connectivity index (χ1n) is 11.1. The molecule has 0 aliphatic carbocycles.